The lowest BCUT2D eigenvalue weighted by molar-refractivity contribution is -0.129. The maximum absolute atomic E-state index is 12.8. The third-order valence-electron chi connectivity index (χ3n) is 4.12. The zero-order valence-corrected chi connectivity index (χ0v) is 12.0. The molecule has 0 aliphatic heterocycles. The minimum Gasteiger partial charge on any atom is -0.304 e. The van der Waals surface area contributed by atoms with E-state index < -0.39 is 5.54 Å². The highest BCUT2D eigenvalue weighted by Crippen LogP contribution is 2.45. The molecule has 0 unspecified atom stereocenters. The lowest BCUT2D eigenvalue weighted by Crippen LogP contribution is -2.55. The number of hydrogen-bond donors (Lipinski definition) is 1. The van der Waals surface area contributed by atoms with E-state index in [4.69, 9.17) is 11.6 Å². The van der Waals surface area contributed by atoms with Crippen molar-refractivity contribution in [2.45, 2.75) is 30.0 Å². The number of halogens is 1. The number of carbonyl (C=O) groups excluding carboxylic acids is 1. The number of Topliss-reactive ketones (excluding diaryl/α,β-unsaturated/α-hetero) is 1. The second kappa shape index (κ2) is 4.75. The molecule has 1 aromatic rings. The van der Waals surface area contributed by atoms with E-state index in [0.29, 0.717) is 5.02 Å². The van der Waals surface area contributed by atoms with E-state index in [1.54, 1.807) is 0 Å². The molecule has 0 amide bonds. The van der Waals surface area contributed by atoms with Gasteiger partial charge >= 0.3 is 0 Å². The molecule has 1 aromatic carbocycles. The Bertz CT molecular complexity index is 478. The summed E-state index contributed by atoms with van der Waals surface area (Å²) in [5.41, 5.74) is 0.284. The minimum absolute atomic E-state index is 0.247. The summed E-state index contributed by atoms with van der Waals surface area (Å²) in [6.07, 6.45) is 2.79. The van der Waals surface area contributed by atoms with Crippen molar-refractivity contribution in [3.05, 3.63) is 34.9 Å². The molecule has 2 rings (SSSR count). The molecule has 0 aromatic heterocycles. The average Bonchev–Trinajstić information content (AvgIpc) is 2.34. The van der Waals surface area contributed by atoms with Gasteiger partial charge in [-0.05, 0) is 30.3 Å². The van der Waals surface area contributed by atoms with Crippen LogP contribution in [0.5, 0.6) is 0 Å². The quantitative estimate of drug-likeness (QED) is 0.801. The third kappa shape index (κ3) is 2.02. The summed E-state index contributed by atoms with van der Waals surface area (Å²) >= 11 is 6.29. The Morgan fingerprint density at radius 3 is 2.56 bits per heavy atom. The number of benzene rings is 1. The first kappa shape index (κ1) is 13.7. The Hall–Kier alpha value is -0.730. The van der Waals surface area contributed by atoms with Crippen molar-refractivity contribution in [1.29, 1.82) is 0 Å². The summed E-state index contributed by atoms with van der Waals surface area (Å²) in [5, 5.41) is 3.62. The smallest absolute Gasteiger partial charge is 0.148 e. The van der Waals surface area contributed by atoms with Crippen LogP contribution in [0.3, 0.4) is 0 Å². The molecule has 0 bridgehead atoms. The molecule has 0 saturated heterocycles. The molecule has 1 atom stereocenters. The molecule has 0 spiro atoms. The SMILES string of the molecule is BC1(B)CCC[C@@](NC)(c2ccccc2Cl)C1=O. The van der Waals surface area contributed by atoms with Crippen LogP contribution in [0.4, 0.5) is 0 Å². The molecule has 2 nitrogen and oxygen atoms in total. The second-order valence-corrected chi connectivity index (χ2v) is 6.11. The number of ketones is 1. The maximum Gasteiger partial charge on any atom is 0.148 e. The van der Waals surface area contributed by atoms with Crippen molar-refractivity contribution in [2.24, 2.45) is 0 Å². The van der Waals surface area contributed by atoms with Crippen LogP contribution in [0.2, 0.25) is 10.2 Å². The van der Waals surface area contributed by atoms with Gasteiger partial charge in [-0.3, -0.25) is 4.79 Å². The van der Waals surface area contributed by atoms with Crippen molar-refractivity contribution in [3.63, 3.8) is 0 Å². The summed E-state index contributed by atoms with van der Waals surface area (Å²) in [6.45, 7) is 0. The fraction of sp³-hybridized carbons (Fsp3) is 0.462. The molecule has 0 heterocycles. The predicted octanol–water partition coefficient (Wildman–Crippen LogP) is 0.890. The molecule has 18 heavy (non-hydrogen) atoms. The fourth-order valence-electron chi connectivity index (χ4n) is 3.04. The molecular formula is C13H18B2ClNO. The number of rotatable bonds is 2. The van der Waals surface area contributed by atoms with Crippen molar-refractivity contribution in [3.8, 4) is 0 Å². The Kier molecular flexibility index (Phi) is 3.61. The van der Waals surface area contributed by atoms with Gasteiger partial charge in [0.1, 0.15) is 27.0 Å². The monoisotopic (exact) mass is 261 g/mol. The predicted molar refractivity (Wildman–Crippen MR) is 80.8 cm³/mol. The molecule has 1 N–H and O–H groups in total. The van der Waals surface area contributed by atoms with Crippen LogP contribution in [-0.2, 0) is 10.3 Å². The fourth-order valence-corrected chi connectivity index (χ4v) is 3.33. The van der Waals surface area contributed by atoms with Crippen LogP contribution in [0.15, 0.2) is 24.3 Å². The Morgan fingerprint density at radius 2 is 1.94 bits per heavy atom. The van der Waals surface area contributed by atoms with Gasteiger partial charge in [0, 0.05) is 5.02 Å². The Labute approximate surface area is 115 Å². The van der Waals surface area contributed by atoms with Crippen LogP contribution in [0.1, 0.15) is 24.8 Å². The number of nitrogens with one attached hydrogen (secondary N) is 1. The topological polar surface area (TPSA) is 29.1 Å². The van der Waals surface area contributed by atoms with Gasteiger partial charge in [-0.25, -0.2) is 0 Å². The van der Waals surface area contributed by atoms with E-state index in [9.17, 15) is 4.79 Å². The van der Waals surface area contributed by atoms with Crippen molar-refractivity contribution in [2.75, 3.05) is 7.05 Å². The zero-order valence-electron chi connectivity index (χ0n) is 11.2. The second-order valence-electron chi connectivity index (χ2n) is 5.70. The van der Waals surface area contributed by atoms with Gasteiger partial charge in [0.2, 0.25) is 0 Å². The summed E-state index contributed by atoms with van der Waals surface area (Å²) in [6, 6.07) is 7.64. The van der Waals surface area contributed by atoms with Gasteiger partial charge in [-0.15, -0.1) is 0 Å². The number of likely N-dealkylation sites (N-methyl/N-ethyl adjacent to an activating group) is 1. The van der Waals surface area contributed by atoms with Gasteiger partial charge in [0.15, 0.2) is 0 Å². The van der Waals surface area contributed by atoms with Crippen LogP contribution >= 0.6 is 11.6 Å². The highest BCUT2D eigenvalue weighted by Gasteiger charge is 2.49. The standard InChI is InChI=1S/C13H18B2ClNO/c1-17-12(9-5-2-3-6-10(9)16)7-4-8-13(14,15)11(12)18/h2-3,5-6,17H,4,7-8,14-15H2,1H3/t12-/m1/s1. The first-order valence-electron chi connectivity index (χ1n) is 6.43. The zero-order chi connectivity index (χ0) is 13.4. The molecule has 1 aliphatic rings. The highest BCUT2D eigenvalue weighted by atomic mass is 35.5. The average molecular weight is 261 g/mol. The minimum atomic E-state index is -0.625. The van der Waals surface area contributed by atoms with Crippen molar-refractivity contribution < 1.29 is 4.79 Å². The molecule has 1 saturated carbocycles. The molecular weight excluding hydrogens is 243 g/mol. The van der Waals surface area contributed by atoms with E-state index in [1.165, 1.54) is 0 Å². The van der Waals surface area contributed by atoms with E-state index in [0.717, 1.165) is 24.8 Å². The normalized spacial score (nSPS) is 27.1. The summed E-state index contributed by atoms with van der Waals surface area (Å²) in [4.78, 5) is 12.8. The largest absolute Gasteiger partial charge is 0.304 e. The van der Waals surface area contributed by atoms with Gasteiger partial charge in [-0.1, -0.05) is 42.6 Å². The van der Waals surface area contributed by atoms with Gasteiger partial charge in [0.25, 0.3) is 0 Å². The van der Waals surface area contributed by atoms with Crippen molar-refractivity contribution >= 4 is 33.1 Å². The van der Waals surface area contributed by atoms with E-state index in [1.807, 2.05) is 47.0 Å². The van der Waals surface area contributed by atoms with Crippen LogP contribution < -0.4 is 5.32 Å². The number of carbonyl (C=O) groups is 1. The lowest BCUT2D eigenvalue weighted by Gasteiger charge is -2.44. The van der Waals surface area contributed by atoms with E-state index in [-0.39, 0.29) is 11.0 Å². The Morgan fingerprint density at radius 1 is 1.28 bits per heavy atom. The van der Waals surface area contributed by atoms with Crippen LogP contribution in [-0.4, -0.2) is 28.5 Å². The first-order chi connectivity index (χ1) is 8.44. The van der Waals surface area contributed by atoms with E-state index in [2.05, 4.69) is 5.32 Å². The summed E-state index contributed by atoms with van der Waals surface area (Å²) < 4.78 is 0. The lowest BCUT2D eigenvalue weighted by atomic mass is 9.44. The maximum atomic E-state index is 12.8. The third-order valence-corrected chi connectivity index (χ3v) is 4.45. The molecule has 1 aliphatic carbocycles. The number of hydrogen-bond acceptors (Lipinski definition) is 2. The first-order valence-corrected chi connectivity index (χ1v) is 6.81. The molecule has 94 valence electrons. The Balaban J connectivity index is 2.55. The van der Waals surface area contributed by atoms with Crippen LogP contribution in [0, 0.1) is 0 Å². The van der Waals surface area contributed by atoms with Gasteiger partial charge in [-0.2, -0.15) is 0 Å². The summed E-state index contributed by atoms with van der Waals surface area (Å²) in [7, 11) is 5.90. The molecule has 1 fully saturated rings. The van der Waals surface area contributed by atoms with Gasteiger partial charge < -0.3 is 5.32 Å². The molecule has 5 heteroatoms. The van der Waals surface area contributed by atoms with E-state index >= 15 is 0 Å². The highest BCUT2D eigenvalue weighted by molar-refractivity contribution is 6.52. The van der Waals surface area contributed by atoms with Gasteiger partial charge in [0.05, 0.1) is 0 Å². The molecule has 0 radical (unpaired) electrons. The summed E-state index contributed by atoms with van der Waals surface area (Å²) in [5.74, 6) is 0.247. The van der Waals surface area contributed by atoms with Crippen LogP contribution in [0.25, 0.3) is 0 Å². The van der Waals surface area contributed by atoms with Crippen molar-refractivity contribution in [1.82, 2.24) is 5.32 Å².